The number of nitrogens with zero attached hydrogens (tertiary/aromatic N) is 4. The van der Waals surface area contributed by atoms with Crippen molar-refractivity contribution < 1.29 is 13.9 Å². The topological polar surface area (TPSA) is 96.0 Å². The summed E-state index contributed by atoms with van der Waals surface area (Å²) in [5, 5.41) is 1.29. The molecule has 38 heavy (non-hydrogen) atoms. The molecule has 0 spiro atoms. The van der Waals surface area contributed by atoms with Crippen molar-refractivity contribution in [3.05, 3.63) is 29.8 Å². The van der Waals surface area contributed by atoms with E-state index in [1.54, 1.807) is 0 Å². The van der Waals surface area contributed by atoms with E-state index in [-0.39, 0.29) is 0 Å². The SMILES string of the molecule is NCCCN1CCOCC1.c1[nH]c2ccc3oc(CCN4CCOCC4)nc3c2c1C1CN2CCC1CC2. The summed E-state index contributed by atoms with van der Waals surface area (Å²) in [6, 6.07) is 4.22. The summed E-state index contributed by atoms with van der Waals surface area (Å²) >= 11 is 0. The lowest BCUT2D eigenvalue weighted by molar-refractivity contribution is 0.0377. The van der Waals surface area contributed by atoms with Gasteiger partial charge < -0.3 is 29.5 Å². The highest BCUT2D eigenvalue weighted by Gasteiger charge is 2.36. The zero-order valence-electron chi connectivity index (χ0n) is 22.7. The van der Waals surface area contributed by atoms with Gasteiger partial charge in [0.25, 0.3) is 0 Å². The Bertz CT molecular complexity index is 1160. The summed E-state index contributed by atoms with van der Waals surface area (Å²) in [6.07, 6.45) is 6.86. The van der Waals surface area contributed by atoms with E-state index in [9.17, 15) is 0 Å². The van der Waals surface area contributed by atoms with Crippen LogP contribution in [0.2, 0.25) is 0 Å². The normalized spacial score (nSPS) is 26.6. The van der Waals surface area contributed by atoms with Gasteiger partial charge in [0.15, 0.2) is 11.5 Å². The van der Waals surface area contributed by atoms with Crippen molar-refractivity contribution in [1.29, 1.82) is 0 Å². The first-order valence-electron chi connectivity index (χ1n) is 14.7. The third-order valence-electron chi connectivity index (χ3n) is 8.86. The number of morpholine rings is 2. The smallest absolute Gasteiger partial charge is 0.196 e. The van der Waals surface area contributed by atoms with Gasteiger partial charge in [0.05, 0.1) is 26.4 Å². The molecule has 9 heteroatoms. The fourth-order valence-corrected chi connectivity index (χ4v) is 6.61. The molecule has 1 unspecified atom stereocenters. The monoisotopic (exact) mass is 524 g/mol. The first-order chi connectivity index (χ1) is 18.8. The molecule has 3 N–H and O–H groups in total. The van der Waals surface area contributed by atoms with Gasteiger partial charge in [-0.25, -0.2) is 4.98 Å². The van der Waals surface area contributed by atoms with Crippen LogP contribution in [-0.2, 0) is 15.9 Å². The molecule has 2 bridgehead atoms. The van der Waals surface area contributed by atoms with Crippen LogP contribution in [0.1, 0.15) is 36.6 Å². The van der Waals surface area contributed by atoms with Crippen molar-refractivity contribution in [2.45, 2.75) is 31.6 Å². The number of rotatable bonds is 7. The van der Waals surface area contributed by atoms with E-state index in [0.29, 0.717) is 5.92 Å². The van der Waals surface area contributed by atoms with Gasteiger partial charge in [0.1, 0.15) is 5.52 Å². The van der Waals surface area contributed by atoms with E-state index >= 15 is 0 Å². The number of nitrogens with two attached hydrogens (primary N) is 1. The van der Waals surface area contributed by atoms with Crippen molar-refractivity contribution in [2.75, 3.05) is 91.9 Å². The zero-order chi connectivity index (χ0) is 25.7. The standard InChI is InChI=1S/C22H28N4O2.C7H16N2O/c1-2-19-22(24-20(28-19)5-8-25-9-11-27-12-10-25)21-16(13-23-18(1)21)17-14-26-6-3-15(17)4-7-26;8-2-1-3-9-4-6-10-7-5-9/h1-2,13,15,17,23H,3-12,14H2;1-8H2. The number of nitrogens with one attached hydrogen (secondary N) is 1. The van der Waals surface area contributed by atoms with Crippen molar-refractivity contribution in [3.8, 4) is 0 Å². The van der Waals surface area contributed by atoms with Crippen molar-refractivity contribution in [1.82, 2.24) is 24.7 Å². The van der Waals surface area contributed by atoms with Crippen LogP contribution in [0.3, 0.4) is 0 Å². The average molecular weight is 525 g/mol. The second-order valence-electron chi connectivity index (χ2n) is 11.2. The molecule has 0 radical (unpaired) electrons. The van der Waals surface area contributed by atoms with Crippen LogP contribution >= 0.6 is 0 Å². The molecule has 0 aliphatic carbocycles. The molecule has 5 saturated heterocycles. The molecule has 1 atom stereocenters. The molecule has 8 rings (SSSR count). The van der Waals surface area contributed by atoms with Gasteiger partial charge in [-0.1, -0.05) is 0 Å². The molecule has 3 aromatic rings. The lowest BCUT2D eigenvalue weighted by atomic mass is 9.75. The zero-order valence-corrected chi connectivity index (χ0v) is 22.7. The minimum absolute atomic E-state index is 0.621. The minimum Gasteiger partial charge on any atom is -0.441 e. The van der Waals surface area contributed by atoms with Gasteiger partial charge in [-0.3, -0.25) is 9.80 Å². The first-order valence-corrected chi connectivity index (χ1v) is 14.7. The third-order valence-corrected chi connectivity index (χ3v) is 8.86. The first kappa shape index (κ1) is 26.2. The Labute approximate surface area is 225 Å². The lowest BCUT2D eigenvalue weighted by Gasteiger charge is -2.44. The predicted molar refractivity (Wildman–Crippen MR) is 150 cm³/mol. The van der Waals surface area contributed by atoms with Crippen molar-refractivity contribution in [3.63, 3.8) is 0 Å². The van der Waals surface area contributed by atoms with Crippen LogP contribution in [0.25, 0.3) is 22.0 Å². The van der Waals surface area contributed by atoms with E-state index in [0.717, 1.165) is 108 Å². The summed E-state index contributed by atoms with van der Waals surface area (Å²) in [5.74, 6) is 2.29. The molecule has 7 heterocycles. The third kappa shape index (κ3) is 5.93. The molecule has 9 nitrogen and oxygen atoms in total. The summed E-state index contributed by atoms with van der Waals surface area (Å²) in [5.41, 5.74) is 9.99. The predicted octanol–water partition coefficient (Wildman–Crippen LogP) is 2.66. The van der Waals surface area contributed by atoms with E-state index in [1.165, 1.54) is 48.9 Å². The Hall–Kier alpha value is -2.01. The molecule has 5 aliphatic heterocycles. The molecule has 2 aromatic heterocycles. The van der Waals surface area contributed by atoms with E-state index in [2.05, 4.69) is 38.0 Å². The number of piperidine rings is 3. The second kappa shape index (κ2) is 12.4. The maximum atomic E-state index is 6.15. The van der Waals surface area contributed by atoms with Crippen LogP contribution in [0.4, 0.5) is 0 Å². The number of ether oxygens (including phenoxy) is 2. The van der Waals surface area contributed by atoms with Crippen LogP contribution in [0, 0.1) is 5.92 Å². The highest BCUT2D eigenvalue weighted by Crippen LogP contribution is 2.42. The van der Waals surface area contributed by atoms with Gasteiger partial charge in [0.2, 0.25) is 0 Å². The quantitative estimate of drug-likeness (QED) is 0.487. The molecule has 5 fully saturated rings. The molecule has 1 aromatic carbocycles. The largest absolute Gasteiger partial charge is 0.441 e. The van der Waals surface area contributed by atoms with E-state index < -0.39 is 0 Å². The maximum absolute atomic E-state index is 6.15. The highest BCUT2D eigenvalue weighted by molar-refractivity contribution is 6.04. The summed E-state index contributed by atoms with van der Waals surface area (Å²) < 4.78 is 16.8. The fourth-order valence-electron chi connectivity index (χ4n) is 6.61. The molecule has 208 valence electrons. The summed E-state index contributed by atoms with van der Waals surface area (Å²) in [7, 11) is 0. The van der Waals surface area contributed by atoms with E-state index in [4.69, 9.17) is 24.6 Å². The number of aromatic nitrogens is 2. The van der Waals surface area contributed by atoms with Crippen LogP contribution < -0.4 is 5.73 Å². The Morgan fingerprint density at radius 3 is 2.29 bits per heavy atom. The van der Waals surface area contributed by atoms with Crippen LogP contribution in [0.15, 0.2) is 22.7 Å². The average Bonchev–Trinajstić information content (AvgIpc) is 3.61. The fraction of sp³-hybridized carbons (Fsp3) is 0.690. The number of H-pyrrole nitrogens is 1. The van der Waals surface area contributed by atoms with Crippen molar-refractivity contribution in [2.24, 2.45) is 11.7 Å². The second-order valence-corrected chi connectivity index (χ2v) is 11.2. The molecule has 0 amide bonds. The number of hydrogen-bond acceptors (Lipinski definition) is 8. The Morgan fingerprint density at radius 2 is 1.63 bits per heavy atom. The maximum Gasteiger partial charge on any atom is 0.196 e. The number of fused-ring (bicyclic) bond motifs is 6. The van der Waals surface area contributed by atoms with Crippen molar-refractivity contribution >= 4 is 22.0 Å². The molecular weight excluding hydrogens is 480 g/mol. The van der Waals surface area contributed by atoms with Crippen LogP contribution in [0.5, 0.6) is 0 Å². The Morgan fingerprint density at radius 1 is 0.921 bits per heavy atom. The minimum atomic E-state index is 0.621. The van der Waals surface area contributed by atoms with E-state index in [1.807, 2.05) is 0 Å². The van der Waals surface area contributed by atoms with Gasteiger partial charge in [0, 0.05) is 68.7 Å². The summed E-state index contributed by atoms with van der Waals surface area (Å²) in [4.78, 5) is 15.9. The molecule has 0 saturated carbocycles. The van der Waals surface area contributed by atoms with Gasteiger partial charge in [-0.2, -0.15) is 0 Å². The lowest BCUT2D eigenvalue weighted by Crippen LogP contribution is -2.46. The van der Waals surface area contributed by atoms with Gasteiger partial charge in [-0.15, -0.1) is 0 Å². The van der Waals surface area contributed by atoms with Gasteiger partial charge in [-0.05, 0) is 69.1 Å². The Balaban J connectivity index is 0.000000225. The number of benzene rings is 1. The van der Waals surface area contributed by atoms with Gasteiger partial charge >= 0.3 is 0 Å². The molecular formula is C29H44N6O3. The number of oxazole rings is 1. The van der Waals surface area contributed by atoms with Crippen LogP contribution in [-0.4, -0.2) is 117 Å². The summed E-state index contributed by atoms with van der Waals surface area (Å²) in [6.45, 7) is 14.3. The highest BCUT2D eigenvalue weighted by atomic mass is 16.5. The number of hydrogen-bond donors (Lipinski definition) is 2. The Kier molecular flexibility index (Phi) is 8.59. The molecule has 5 aliphatic rings. The number of aromatic amines is 1.